The maximum absolute atomic E-state index is 10.4. The van der Waals surface area contributed by atoms with Gasteiger partial charge in [-0.15, -0.1) is 0 Å². The summed E-state index contributed by atoms with van der Waals surface area (Å²) in [6.07, 6.45) is 5.60. The van der Waals surface area contributed by atoms with E-state index in [0.717, 1.165) is 18.5 Å². The number of nitrogens with two attached hydrogens (primary N) is 1. The monoisotopic (exact) mass is 197 g/mol. The molecule has 0 aromatic carbocycles. The average molecular weight is 197 g/mol. The Hall–Kier alpha value is -1.36. The molecule has 0 saturated heterocycles. The normalized spacial score (nSPS) is 12.7. The predicted octanol–water partition coefficient (Wildman–Crippen LogP) is 0.155. The van der Waals surface area contributed by atoms with Crippen LogP contribution in [0, 0.1) is 0 Å². The molecule has 0 aliphatic carbocycles. The van der Waals surface area contributed by atoms with Crippen molar-refractivity contribution in [2.45, 2.75) is 25.3 Å². The van der Waals surface area contributed by atoms with Crippen LogP contribution in [0.1, 0.15) is 18.5 Å². The van der Waals surface area contributed by atoms with Crippen molar-refractivity contribution in [2.24, 2.45) is 12.8 Å². The van der Waals surface area contributed by atoms with Gasteiger partial charge < -0.3 is 15.4 Å². The lowest BCUT2D eigenvalue weighted by molar-refractivity contribution is -0.138. The smallest absolute Gasteiger partial charge is 0.320 e. The minimum Gasteiger partial charge on any atom is -0.480 e. The maximum atomic E-state index is 10.4. The molecule has 1 rings (SSSR count). The number of imidazole rings is 1. The molecule has 3 N–H and O–H groups in total. The molecule has 78 valence electrons. The molecule has 1 atom stereocenters. The van der Waals surface area contributed by atoms with Gasteiger partial charge in [-0.1, -0.05) is 0 Å². The number of aryl methyl sites for hydroxylation is 2. The molecule has 0 unspecified atom stereocenters. The summed E-state index contributed by atoms with van der Waals surface area (Å²) in [6, 6.07) is -0.747. The number of carbonyl (C=O) groups is 1. The third kappa shape index (κ3) is 2.85. The van der Waals surface area contributed by atoms with Gasteiger partial charge >= 0.3 is 5.97 Å². The lowest BCUT2D eigenvalue weighted by Gasteiger charge is -2.05. The minimum atomic E-state index is -0.935. The molecule has 5 heteroatoms. The first kappa shape index (κ1) is 10.7. The van der Waals surface area contributed by atoms with Crippen LogP contribution in [0.25, 0.3) is 0 Å². The van der Waals surface area contributed by atoms with Crippen molar-refractivity contribution in [3.8, 4) is 0 Å². The summed E-state index contributed by atoms with van der Waals surface area (Å²) in [6.45, 7) is 0. The molecule has 5 nitrogen and oxygen atoms in total. The van der Waals surface area contributed by atoms with Crippen molar-refractivity contribution in [3.63, 3.8) is 0 Å². The summed E-state index contributed by atoms with van der Waals surface area (Å²) in [5, 5.41) is 8.55. The highest BCUT2D eigenvalue weighted by Crippen LogP contribution is 2.04. The van der Waals surface area contributed by atoms with Gasteiger partial charge in [-0.05, 0) is 19.3 Å². The molecule has 0 radical (unpaired) electrons. The topological polar surface area (TPSA) is 81.1 Å². The lowest BCUT2D eigenvalue weighted by Crippen LogP contribution is -2.29. The van der Waals surface area contributed by atoms with Gasteiger partial charge in [-0.3, -0.25) is 4.79 Å². The second-order valence-electron chi connectivity index (χ2n) is 3.33. The molecule has 1 heterocycles. The Morgan fingerprint density at radius 1 is 1.79 bits per heavy atom. The van der Waals surface area contributed by atoms with Crippen molar-refractivity contribution < 1.29 is 9.90 Å². The Labute approximate surface area is 82.6 Å². The summed E-state index contributed by atoms with van der Waals surface area (Å²) < 4.78 is 1.92. The molecule has 1 aromatic rings. The van der Waals surface area contributed by atoms with Crippen LogP contribution in [0.5, 0.6) is 0 Å². The number of hydrogen-bond acceptors (Lipinski definition) is 3. The summed E-state index contributed by atoms with van der Waals surface area (Å²) >= 11 is 0. The van der Waals surface area contributed by atoms with E-state index in [1.54, 1.807) is 12.5 Å². The Morgan fingerprint density at radius 2 is 2.50 bits per heavy atom. The molecule has 0 amide bonds. The number of carboxylic acids is 1. The first-order valence-corrected chi connectivity index (χ1v) is 4.55. The molecular formula is C9H15N3O2. The van der Waals surface area contributed by atoms with Crippen molar-refractivity contribution in [1.29, 1.82) is 0 Å². The van der Waals surface area contributed by atoms with Crippen LogP contribution >= 0.6 is 0 Å². The van der Waals surface area contributed by atoms with E-state index in [0.29, 0.717) is 6.42 Å². The van der Waals surface area contributed by atoms with Crippen molar-refractivity contribution in [1.82, 2.24) is 9.55 Å². The Kier molecular flexibility index (Phi) is 3.64. The fraction of sp³-hybridized carbons (Fsp3) is 0.556. The highest BCUT2D eigenvalue weighted by molar-refractivity contribution is 5.72. The molecule has 0 spiro atoms. The van der Waals surface area contributed by atoms with E-state index in [9.17, 15) is 4.79 Å². The SMILES string of the molecule is Cn1cncc1CCC[C@@H](N)C(=O)O. The van der Waals surface area contributed by atoms with Crippen LogP contribution < -0.4 is 5.73 Å². The Morgan fingerprint density at radius 3 is 3.00 bits per heavy atom. The lowest BCUT2D eigenvalue weighted by atomic mass is 10.1. The molecular weight excluding hydrogens is 182 g/mol. The number of aromatic nitrogens is 2. The second kappa shape index (κ2) is 4.76. The summed E-state index contributed by atoms with van der Waals surface area (Å²) in [5.74, 6) is -0.935. The molecule has 0 fully saturated rings. The minimum absolute atomic E-state index is 0.501. The molecule has 0 saturated carbocycles. The summed E-state index contributed by atoms with van der Waals surface area (Å²) in [5.41, 5.74) is 6.47. The first-order valence-electron chi connectivity index (χ1n) is 4.55. The maximum Gasteiger partial charge on any atom is 0.320 e. The van der Waals surface area contributed by atoms with E-state index < -0.39 is 12.0 Å². The second-order valence-corrected chi connectivity index (χ2v) is 3.33. The van der Waals surface area contributed by atoms with E-state index in [1.807, 2.05) is 11.6 Å². The van der Waals surface area contributed by atoms with Crippen LogP contribution in [0.3, 0.4) is 0 Å². The van der Waals surface area contributed by atoms with Crippen molar-refractivity contribution >= 4 is 5.97 Å². The molecule has 0 bridgehead atoms. The Bertz CT molecular complexity index is 309. The Balaban J connectivity index is 2.29. The summed E-state index contributed by atoms with van der Waals surface area (Å²) in [7, 11) is 1.92. The number of rotatable bonds is 5. The van der Waals surface area contributed by atoms with Gasteiger partial charge in [0.25, 0.3) is 0 Å². The first-order chi connectivity index (χ1) is 6.61. The van der Waals surface area contributed by atoms with Crippen LogP contribution in [-0.2, 0) is 18.3 Å². The van der Waals surface area contributed by atoms with E-state index in [-0.39, 0.29) is 0 Å². The molecule has 1 aromatic heterocycles. The van der Waals surface area contributed by atoms with Gasteiger partial charge in [0, 0.05) is 18.9 Å². The number of hydrogen-bond donors (Lipinski definition) is 2. The van der Waals surface area contributed by atoms with Gasteiger partial charge in [0.2, 0.25) is 0 Å². The van der Waals surface area contributed by atoms with Crippen LogP contribution in [-0.4, -0.2) is 26.7 Å². The van der Waals surface area contributed by atoms with Crippen LogP contribution in [0.2, 0.25) is 0 Å². The fourth-order valence-corrected chi connectivity index (χ4v) is 1.25. The number of nitrogens with zero attached hydrogens (tertiary/aromatic N) is 2. The molecule has 14 heavy (non-hydrogen) atoms. The van der Waals surface area contributed by atoms with Crippen LogP contribution in [0.15, 0.2) is 12.5 Å². The van der Waals surface area contributed by atoms with E-state index in [2.05, 4.69) is 4.98 Å². The number of carboxylic acid groups (broad SMARTS) is 1. The zero-order valence-electron chi connectivity index (χ0n) is 8.18. The predicted molar refractivity (Wildman–Crippen MR) is 51.8 cm³/mol. The van der Waals surface area contributed by atoms with Gasteiger partial charge in [0.1, 0.15) is 6.04 Å². The third-order valence-electron chi connectivity index (χ3n) is 2.18. The molecule has 0 aliphatic rings. The molecule has 0 aliphatic heterocycles. The van der Waals surface area contributed by atoms with E-state index >= 15 is 0 Å². The van der Waals surface area contributed by atoms with E-state index in [1.165, 1.54) is 0 Å². The third-order valence-corrected chi connectivity index (χ3v) is 2.18. The highest BCUT2D eigenvalue weighted by atomic mass is 16.4. The zero-order valence-corrected chi connectivity index (χ0v) is 8.18. The van der Waals surface area contributed by atoms with Crippen LogP contribution in [0.4, 0.5) is 0 Å². The van der Waals surface area contributed by atoms with Gasteiger partial charge in [0.05, 0.1) is 6.33 Å². The quantitative estimate of drug-likeness (QED) is 0.704. The summed E-state index contributed by atoms with van der Waals surface area (Å²) in [4.78, 5) is 14.4. The number of aliphatic carboxylic acids is 1. The van der Waals surface area contributed by atoms with Gasteiger partial charge in [-0.25, -0.2) is 4.98 Å². The standard InChI is InChI=1S/C9H15N3O2/c1-12-6-11-5-7(12)3-2-4-8(10)9(13)14/h5-6,8H,2-4,10H2,1H3,(H,13,14)/t8-/m1/s1. The highest BCUT2D eigenvalue weighted by Gasteiger charge is 2.10. The fourth-order valence-electron chi connectivity index (χ4n) is 1.25. The zero-order chi connectivity index (χ0) is 10.6. The average Bonchev–Trinajstić information content (AvgIpc) is 2.51. The van der Waals surface area contributed by atoms with Crippen molar-refractivity contribution in [2.75, 3.05) is 0 Å². The largest absolute Gasteiger partial charge is 0.480 e. The van der Waals surface area contributed by atoms with Gasteiger partial charge in [-0.2, -0.15) is 0 Å². The van der Waals surface area contributed by atoms with Gasteiger partial charge in [0.15, 0.2) is 0 Å². The van der Waals surface area contributed by atoms with E-state index in [4.69, 9.17) is 10.8 Å². The van der Waals surface area contributed by atoms with Crippen molar-refractivity contribution in [3.05, 3.63) is 18.2 Å².